The van der Waals surface area contributed by atoms with Crippen LogP contribution >= 0.6 is 0 Å². The smallest absolute Gasteiger partial charge is 0.260 e. The number of hydrogen-bond donors (Lipinski definition) is 1. The quantitative estimate of drug-likeness (QED) is 0.891. The van der Waals surface area contributed by atoms with E-state index >= 15 is 0 Å². The van der Waals surface area contributed by atoms with Crippen molar-refractivity contribution in [1.82, 2.24) is 25.0 Å². The minimum absolute atomic E-state index is 0.0406. The average Bonchev–Trinajstić information content (AvgIpc) is 2.87. The topological polar surface area (TPSA) is 74.3 Å². The standard InChI is InChI=1S/C18H25N5O2/c1-14-6-3-4-7-16(14)25-13-18(24)23-9-5-8-22(10-11-23)12-17-19-15(2)20-21-17/h3-4,6-7H,5,8-13H2,1-2H3,(H,19,20,21). The molecule has 1 aliphatic rings. The highest BCUT2D eigenvalue weighted by molar-refractivity contribution is 5.77. The van der Waals surface area contributed by atoms with Crippen molar-refractivity contribution in [3.63, 3.8) is 0 Å². The lowest BCUT2D eigenvalue weighted by molar-refractivity contribution is -0.133. The van der Waals surface area contributed by atoms with Crippen molar-refractivity contribution >= 4 is 5.91 Å². The highest BCUT2D eigenvalue weighted by atomic mass is 16.5. The molecule has 134 valence electrons. The van der Waals surface area contributed by atoms with Crippen molar-refractivity contribution in [2.45, 2.75) is 26.8 Å². The fraction of sp³-hybridized carbons (Fsp3) is 0.500. The second-order valence-corrected chi connectivity index (χ2v) is 6.40. The molecular weight excluding hydrogens is 318 g/mol. The number of carbonyl (C=O) groups is 1. The van der Waals surface area contributed by atoms with Gasteiger partial charge in [-0.25, -0.2) is 4.98 Å². The lowest BCUT2D eigenvalue weighted by Crippen LogP contribution is -2.38. The number of carbonyl (C=O) groups excluding carboxylic acids is 1. The molecule has 0 radical (unpaired) electrons. The number of nitrogens with zero attached hydrogens (tertiary/aromatic N) is 4. The van der Waals surface area contributed by atoms with E-state index in [2.05, 4.69) is 20.1 Å². The molecule has 1 N–H and O–H groups in total. The van der Waals surface area contributed by atoms with E-state index in [4.69, 9.17) is 4.74 Å². The molecule has 0 atom stereocenters. The predicted molar refractivity (Wildman–Crippen MR) is 94.3 cm³/mol. The predicted octanol–water partition coefficient (Wildman–Crippen LogP) is 1.53. The van der Waals surface area contributed by atoms with Gasteiger partial charge in [-0.1, -0.05) is 18.2 Å². The fourth-order valence-corrected chi connectivity index (χ4v) is 2.99. The fourth-order valence-electron chi connectivity index (χ4n) is 2.99. The van der Waals surface area contributed by atoms with E-state index in [0.717, 1.165) is 49.0 Å². The maximum Gasteiger partial charge on any atom is 0.260 e. The minimum Gasteiger partial charge on any atom is -0.484 e. The van der Waals surface area contributed by atoms with Crippen LogP contribution in [-0.4, -0.2) is 63.7 Å². The summed E-state index contributed by atoms with van der Waals surface area (Å²) in [5, 5.41) is 7.06. The number of aryl methyl sites for hydroxylation is 2. The van der Waals surface area contributed by atoms with Gasteiger partial charge in [0.15, 0.2) is 12.4 Å². The SMILES string of the molecule is Cc1nc(CN2CCCN(C(=O)COc3ccccc3C)CC2)n[nH]1. The van der Waals surface area contributed by atoms with Crippen LogP contribution in [-0.2, 0) is 11.3 Å². The largest absolute Gasteiger partial charge is 0.484 e. The zero-order chi connectivity index (χ0) is 17.6. The highest BCUT2D eigenvalue weighted by Gasteiger charge is 2.20. The molecule has 1 aliphatic heterocycles. The van der Waals surface area contributed by atoms with E-state index < -0.39 is 0 Å². The van der Waals surface area contributed by atoms with Gasteiger partial charge in [-0.2, -0.15) is 5.10 Å². The summed E-state index contributed by atoms with van der Waals surface area (Å²) < 4.78 is 5.69. The van der Waals surface area contributed by atoms with Crippen molar-refractivity contribution in [3.05, 3.63) is 41.5 Å². The molecule has 1 saturated heterocycles. The maximum atomic E-state index is 12.5. The van der Waals surface area contributed by atoms with Crippen LogP contribution in [0.5, 0.6) is 5.75 Å². The summed E-state index contributed by atoms with van der Waals surface area (Å²) in [7, 11) is 0. The molecule has 7 heteroatoms. The molecule has 2 heterocycles. The van der Waals surface area contributed by atoms with Crippen LogP contribution in [0.3, 0.4) is 0 Å². The van der Waals surface area contributed by atoms with Crippen molar-refractivity contribution in [1.29, 1.82) is 0 Å². The van der Waals surface area contributed by atoms with Crippen LogP contribution in [0, 0.1) is 13.8 Å². The van der Waals surface area contributed by atoms with Crippen LogP contribution < -0.4 is 4.74 Å². The second kappa shape index (κ2) is 8.11. The van der Waals surface area contributed by atoms with Gasteiger partial charge in [-0.05, 0) is 31.9 Å². The number of amides is 1. The lowest BCUT2D eigenvalue weighted by atomic mass is 10.2. The molecule has 0 saturated carbocycles. The monoisotopic (exact) mass is 343 g/mol. The molecule has 0 unspecified atom stereocenters. The Morgan fingerprint density at radius 2 is 2.04 bits per heavy atom. The van der Waals surface area contributed by atoms with Crippen LogP contribution in [0.2, 0.25) is 0 Å². The van der Waals surface area contributed by atoms with E-state index in [1.165, 1.54) is 0 Å². The Balaban J connectivity index is 1.48. The molecule has 0 spiro atoms. The number of aromatic amines is 1. The van der Waals surface area contributed by atoms with Gasteiger partial charge in [-0.15, -0.1) is 0 Å². The molecule has 1 amide bonds. The second-order valence-electron chi connectivity index (χ2n) is 6.40. The zero-order valence-electron chi connectivity index (χ0n) is 14.9. The number of aromatic nitrogens is 3. The van der Waals surface area contributed by atoms with Gasteiger partial charge in [0.25, 0.3) is 5.91 Å². The van der Waals surface area contributed by atoms with Gasteiger partial charge in [0.2, 0.25) is 0 Å². The number of ether oxygens (including phenoxy) is 1. The van der Waals surface area contributed by atoms with E-state index in [9.17, 15) is 4.79 Å². The summed E-state index contributed by atoms with van der Waals surface area (Å²) in [5.41, 5.74) is 1.04. The molecule has 1 aromatic heterocycles. The summed E-state index contributed by atoms with van der Waals surface area (Å²) in [6.45, 7) is 7.91. The van der Waals surface area contributed by atoms with E-state index in [0.29, 0.717) is 13.1 Å². The summed E-state index contributed by atoms with van der Waals surface area (Å²) in [6, 6.07) is 7.75. The molecule has 25 heavy (non-hydrogen) atoms. The summed E-state index contributed by atoms with van der Waals surface area (Å²) in [6.07, 6.45) is 0.944. The molecular formula is C18H25N5O2. The highest BCUT2D eigenvalue weighted by Crippen LogP contribution is 2.16. The first-order valence-corrected chi connectivity index (χ1v) is 8.68. The molecule has 0 bridgehead atoms. The van der Waals surface area contributed by atoms with Gasteiger partial charge in [0.1, 0.15) is 11.6 Å². The van der Waals surface area contributed by atoms with Gasteiger partial charge in [0, 0.05) is 26.2 Å². The number of benzene rings is 1. The number of H-pyrrole nitrogens is 1. The molecule has 3 rings (SSSR count). The van der Waals surface area contributed by atoms with Gasteiger partial charge < -0.3 is 9.64 Å². The molecule has 1 fully saturated rings. The van der Waals surface area contributed by atoms with E-state index in [1.54, 1.807) is 0 Å². The van der Waals surface area contributed by atoms with Gasteiger partial charge in [0.05, 0.1) is 6.54 Å². The Hall–Kier alpha value is -2.41. The Kier molecular flexibility index (Phi) is 5.65. The Bertz CT molecular complexity index is 715. The van der Waals surface area contributed by atoms with Crippen molar-refractivity contribution < 1.29 is 9.53 Å². The summed E-state index contributed by atoms with van der Waals surface area (Å²) in [4.78, 5) is 21.0. The Morgan fingerprint density at radius 1 is 1.20 bits per heavy atom. The van der Waals surface area contributed by atoms with Crippen LogP contribution in [0.15, 0.2) is 24.3 Å². The summed E-state index contributed by atoms with van der Waals surface area (Å²) >= 11 is 0. The minimum atomic E-state index is 0.0406. The number of nitrogens with one attached hydrogen (secondary N) is 1. The summed E-state index contributed by atoms with van der Waals surface area (Å²) in [5.74, 6) is 2.45. The maximum absolute atomic E-state index is 12.5. The normalized spacial score (nSPS) is 15.8. The number of hydrogen-bond acceptors (Lipinski definition) is 5. The van der Waals surface area contributed by atoms with E-state index in [1.807, 2.05) is 43.0 Å². The molecule has 7 nitrogen and oxygen atoms in total. The third-order valence-electron chi connectivity index (χ3n) is 4.39. The Morgan fingerprint density at radius 3 is 2.80 bits per heavy atom. The third kappa shape index (κ3) is 4.79. The van der Waals surface area contributed by atoms with Gasteiger partial charge in [-0.3, -0.25) is 14.8 Å². The molecule has 2 aromatic rings. The van der Waals surface area contributed by atoms with Crippen LogP contribution in [0.4, 0.5) is 0 Å². The first-order chi connectivity index (χ1) is 12.1. The van der Waals surface area contributed by atoms with Gasteiger partial charge >= 0.3 is 0 Å². The number of rotatable bonds is 5. The van der Waals surface area contributed by atoms with Crippen molar-refractivity contribution in [2.24, 2.45) is 0 Å². The number of para-hydroxylation sites is 1. The van der Waals surface area contributed by atoms with Crippen molar-refractivity contribution in [2.75, 3.05) is 32.8 Å². The molecule has 0 aliphatic carbocycles. The molecule has 1 aromatic carbocycles. The Labute approximate surface area is 148 Å². The van der Waals surface area contributed by atoms with Crippen LogP contribution in [0.1, 0.15) is 23.6 Å². The van der Waals surface area contributed by atoms with Crippen molar-refractivity contribution in [3.8, 4) is 5.75 Å². The lowest BCUT2D eigenvalue weighted by Gasteiger charge is -2.21. The first kappa shape index (κ1) is 17.4. The third-order valence-corrected chi connectivity index (χ3v) is 4.39. The van der Waals surface area contributed by atoms with E-state index in [-0.39, 0.29) is 12.5 Å². The zero-order valence-corrected chi connectivity index (χ0v) is 14.9. The first-order valence-electron chi connectivity index (χ1n) is 8.68. The van der Waals surface area contributed by atoms with Crippen LogP contribution in [0.25, 0.3) is 0 Å². The average molecular weight is 343 g/mol.